The highest BCUT2D eigenvalue weighted by molar-refractivity contribution is 6.36. The highest BCUT2D eigenvalue weighted by Crippen LogP contribution is 2.36. The molecular formula is C25H14ClF2N9. The molecule has 5 aromatic rings. The molecule has 0 radical (unpaired) electrons. The number of benzene rings is 2. The maximum atomic E-state index is 13.8. The number of nitrogens with one attached hydrogen (secondary N) is 3. The van der Waals surface area contributed by atoms with E-state index in [4.69, 9.17) is 11.6 Å². The van der Waals surface area contributed by atoms with Gasteiger partial charge >= 0.3 is 0 Å². The molecule has 0 fully saturated rings. The number of nitriles is 2. The number of aromatic nitrogens is 5. The molecule has 3 N–H and O–H groups in total. The van der Waals surface area contributed by atoms with Crippen molar-refractivity contribution in [3.63, 3.8) is 0 Å². The molecule has 0 amide bonds. The molecule has 0 unspecified atom stereocenters. The molecule has 3 aromatic heterocycles. The predicted octanol–water partition coefficient (Wildman–Crippen LogP) is 5.37. The van der Waals surface area contributed by atoms with Crippen LogP contribution < -0.4 is 10.6 Å². The molecule has 9 nitrogen and oxygen atoms in total. The molecular weight excluding hydrogens is 500 g/mol. The molecule has 1 atom stereocenters. The molecule has 5 rings (SSSR count). The molecule has 0 aliphatic rings. The highest BCUT2D eigenvalue weighted by atomic mass is 35.5. The van der Waals surface area contributed by atoms with E-state index < -0.39 is 17.8 Å². The van der Waals surface area contributed by atoms with Gasteiger partial charge in [0.15, 0.2) is 5.82 Å². The minimum Gasteiger partial charge on any atom is -0.373 e. The largest absolute Gasteiger partial charge is 0.373 e. The van der Waals surface area contributed by atoms with E-state index in [-0.39, 0.29) is 27.7 Å². The summed E-state index contributed by atoms with van der Waals surface area (Å²) in [5.74, 6) is -2.43. The van der Waals surface area contributed by atoms with E-state index in [0.717, 1.165) is 12.3 Å². The molecule has 0 bridgehead atoms. The quantitative estimate of drug-likeness (QED) is 0.257. The Balaban J connectivity index is 1.66. The van der Waals surface area contributed by atoms with Crippen molar-refractivity contribution in [1.29, 1.82) is 10.5 Å². The van der Waals surface area contributed by atoms with Crippen molar-refractivity contribution in [2.24, 2.45) is 0 Å². The lowest BCUT2D eigenvalue weighted by atomic mass is 10.0. The molecule has 0 saturated carbocycles. The zero-order chi connectivity index (χ0) is 26.9. The Morgan fingerprint density at radius 3 is 2.62 bits per heavy atom. The van der Waals surface area contributed by atoms with E-state index in [1.807, 2.05) is 6.07 Å². The number of fused-ring (bicyclic) bond motifs is 1. The summed E-state index contributed by atoms with van der Waals surface area (Å²) in [5.41, 5.74) is 2.02. The van der Waals surface area contributed by atoms with Gasteiger partial charge in [-0.15, -0.1) is 0 Å². The van der Waals surface area contributed by atoms with Crippen molar-refractivity contribution >= 4 is 39.6 Å². The van der Waals surface area contributed by atoms with Crippen LogP contribution in [0.25, 0.3) is 10.9 Å². The van der Waals surface area contributed by atoms with Crippen molar-refractivity contribution in [3.8, 4) is 12.1 Å². The second-order valence-electron chi connectivity index (χ2n) is 7.68. The van der Waals surface area contributed by atoms with Crippen LogP contribution in [0.5, 0.6) is 0 Å². The van der Waals surface area contributed by atoms with Crippen LogP contribution >= 0.6 is 11.6 Å². The molecule has 12 heteroatoms. The second kappa shape index (κ2) is 9.85. The Hall–Kier alpha value is -5.13. The van der Waals surface area contributed by atoms with Crippen LogP contribution in [-0.2, 0) is 0 Å². The van der Waals surface area contributed by atoms with E-state index in [1.54, 1.807) is 36.4 Å². The third kappa shape index (κ3) is 4.72. The lowest BCUT2D eigenvalue weighted by molar-refractivity contribution is 0.480. The van der Waals surface area contributed by atoms with Crippen molar-refractivity contribution < 1.29 is 10.2 Å². The van der Waals surface area contributed by atoms with Crippen molar-refractivity contribution in [2.75, 3.05) is 10.6 Å². The number of rotatable bonds is 6. The molecule has 0 aliphatic carbocycles. The fourth-order valence-electron chi connectivity index (χ4n) is 3.68. The Bertz CT molecular complexity index is 1770. The topological polar surface area (TPSA) is 139 Å². The van der Waals surface area contributed by atoms with Crippen molar-refractivity contribution in [2.45, 2.75) is 6.02 Å². The van der Waals surface area contributed by atoms with E-state index in [0.29, 0.717) is 27.7 Å². The first-order valence-corrected chi connectivity index (χ1v) is 11.0. The zero-order valence-corrected chi connectivity index (χ0v) is 19.3. The lowest BCUT2D eigenvalue weighted by Crippen LogP contribution is -2.13. The summed E-state index contributed by atoms with van der Waals surface area (Å²) in [6, 6.07) is 12.9. The molecule has 0 spiro atoms. The van der Waals surface area contributed by atoms with Gasteiger partial charge in [-0.3, -0.25) is 4.98 Å². The Morgan fingerprint density at radius 1 is 1.03 bits per heavy atom. The third-order valence-corrected chi connectivity index (χ3v) is 5.62. The lowest BCUT2D eigenvalue weighted by Gasteiger charge is -2.20. The van der Waals surface area contributed by atoms with Crippen molar-refractivity contribution in [3.05, 3.63) is 100 Å². The Labute approximate surface area is 214 Å². The molecule has 3 heterocycles. The van der Waals surface area contributed by atoms with Gasteiger partial charge in [-0.05, 0) is 29.8 Å². The normalized spacial score (nSPS) is 12.7. The van der Waals surface area contributed by atoms with Gasteiger partial charge in [-0.2, -0.15) is 30.3 Å². The van der Waals surface area contributed by atoms with E-state index in [2.05, 4.69) is 42.1 Å². The summed E-state index contributed by atoms with van der Waals surface area (Å²) >= 11 is 6.55. The molecule has 180 valence electrons. The van der Waals surface area contributed by atoms with Crippen molar-refractivity contribution in [1.82, 2.24) is 25.4 Å². The number of anilines is 3. The van der Waals surface area contributed by atoms with Gasteiger partial charge in [0.2, 0.25) is 5.95 Å². The number of H-pyrrole nitrogens is 1. The summed E-state index contributed by atoms with van der Waals surface area (Å²) in [6.45, 7) is 0. The van der Waals surface area contributed by atoms with E-state index in [9.17, 15) is 20.7 Å². The molecule has 0 saturated heterocycles. The predicted molar refractivity (Wildman–Crippen MR) is 132 cm³/mol. The minimum atomic E-state index is -1.71. The van der Waals surface area contributed by atoms with Gasteiger partial charge in [0.1, 0.15) is 11.8 Å². The van der Waals surface area contributed by atoms with Gasteiger partial charge in [-0.25, -0.2) is 9.37 Å². The number of pyridine rings is 2. The minimum absolute atomic E-state index is 0.0909. The maximum absolute atomic E-state index is 13.8. The molecule has 37 heavy (non-hydrogen) atoms. The highest BCUT2D eigenvalue weighted by Gasteiger charge is 2.20. The van der Waals surface area contributed by atoms with Gasteiger partial charge in [0, 0.05) is 23.3 Å². The first kappa shape index (κ1) is 22.3. The van der Waals surface area contributed by atoms with Gasteiger partial charge in [-0.1, -0.05) is 23.7 Å². The SMILES string of the molecule is [2H][C@](Nc1cc(Cl)c2ncc(C#N)c(Nc3cnc(F)c(F)c3)c2c1)(c1cccc(C#N)c1)c1cn[nH]n1. The average Bonchev–Trinajstić information content (AvgIpc) is 3.47. The van der Waals surface area contributed by atoms with E-state index >= 15 is 0 Å². The number of aromatic amines is 1. The number of halogens is 3. The van der Waals surface area contributed by atoms with Crippen LogP contribution in [0.15, 0.2) is 61.1 Å². The monoisotopic (exact) mass is 514 g/mol. The van der Waals surface area contributed by atoms with Crippen LogP contribution in [0.1, 0.15) is 29.8 Å². The fraction of sp³-hybridized carbons (Fsp3) is 0.0400. The van der Waals surface area contributed by atoms with Crippen LogP contribution in [-0.4, -0.2) is 25.4 Å². The van der Waals surface area contributed by atoms with Crippen LogP contribution in [0, 0.1) is 34.4 Å². The molecule has 0 aliphatic heterocycles. The maximum Gasteiger partial charge on any atom is 0.249 e. The summed E-state index contributed by atoms with van der Waals surface area (Å²) in [7, 11) is 0. The number of hydrogen-bond donors (Lipinski definition) is 3. The van der Waals surface area contributed by atoms with E-state index in [1.165, 1.54) is 12.4 Å². The van der Waals surface area contributed by atoms with Gasteiger partial charge in [0.25, 0.3) is 0 Å². The first-order chi connectivity index (χ1) is 18.3. The summed E-state index contributed by atoms with van der Waals surface area (Å²) in [4.78, 5) is 7.64. The summed E-state index contributed by atoms with van der Waals surface area (Å²) in [5, 5.41) is 36.0. The summed E-state index contributed by atoms with van der Waals surface area (Å²) in [6.07, 6.45) is 3.76. The number of hydrogen-bond acceptors (Lipinski definition) is 8. The fourth-order valence-corrected chi connectivity index (χ4v) is 3.95. The average molecular weight is 515 g/mol. The molecule has 2 aromatic carbocycles. The Kier molecular flexibility index (Phi) is 5.95. The standard InChI is InChI=1S/C25H14ClF2N9/c26-19-6-16(34-23(21-12-33-37-36-21)14-3-1-2-13(4-14)8-29)5-18-22(15(9-30)10-31-24(18)19)35-17-7-20(27)25(28)32-11-17/h1-7,10-12,23,34H,(H,31,35)(H,33,36,37)/t23-/m0/s1/i23D. The Morgan fingerprint density at radius 2 is 1.89 bits per heavy atom. The van der Waals surface area contributed by atoms with Crippen LogP contribution in [0.3, 0.4) is 0 Å². The van der Waals surface area contributed by atoms with Gasteiger partial charge < -0.3 is 10.6 Å². The zero-order valence-electron chi connectivity index (χ0n) is 19.6. The second-order valence-corrected chi connectivity index (χ2v) is 8.09. The number of nitrogens with zero attached hydrogens (tertiary/aromatic N) is 6. The summed E-state index contributed by atoms with van der Waals surface area (Å²) < 4.78 is 36.5. The smallest absolute Gasteiger partial charge is 0.249 e. The van der Waals surface area contributed by atoms with Crippen LogP contribution in [0.4, 0.5) is 25.8 Å². The first-order valence-electron chi connectivity index (χ1n) is 11.1. The van der Waals surface area contributed by atoms with Crippen LogP contribution in [0.2, 0.25) is 5.02 Å². The van der Waals surface area contributed by atoms with Gasteiger partial charge in [0.05, 0.1) is 58.9 Å². The third-order valence-electron chi connectivity index (χ3n) is 5.33.